The van der Waals surface area contributed by atoms with E-state index in [0.717, 1.165) is 17.7 Å². The van der Waals surface area contributed by atoms with Crippen LogP contribution in [-0.2, 0) is 6.42 Å². The van der Waals surface area contributed by atoms with Gasteiger partial charge in [-0.15, -0.1) is 0 Å². The summed E-state index contributed by atoms with van der Waals surface area (Å²) in [6, 6.07) is 5.04. The van der Waals surface area contributed by atoms with Gasteiger partial charge in [0.2, 0.25) is 0 Å². The maximum absolute atomic E-state index is 12.0. The third-order valence-electron chi connectivity index (χ3n) is 2.80. The highest BCUT2D eigenvalue weighted by Gasteiger charge is 2.28. The molecule has 1 atom stereocenters. The summed E-state index contributed by atoms with van der Waals surface area (Å²) in [7, 11) is 0. The number of hydrogen-bond donors (Lipinski definition) is 1. The molecule has 1 aliphatic rings. The third kappa shape index (κ3) is 3.12. The molecule has 2 nitrogen and oxygen atoms in total. The molecule has 1 aromatic rings. The van der Waals surface area contributed by atoms with Gasteiger partial charge in [0.1, 0.15) is 5.75 Å². The maximum Gasteiger partial charge on any atom is 0.389 e. The van der Waals surface area contributed by atoms with Crippen LogP contribution in [0, 0.1) is 0 Å². The van der Waals surface area contributed by atoms with E-state index >= 15 is 0 Å². The molecule has 0 saturated heterocycles. The second-order valence-corrected chi connectivity index (χ2v) is 4.14. The number of aliphatic hydroxyl groups is 1. The van der Waals surface area contributed by atoms with Crippen molar-refractivity contribution >= 4 is 0 Å². The summed E-state index contributed by atoms with van der Waals surface area (Å²) in [4.78, 5) is 0. The monoisotopic (exact) mass is 246 g/mol. The molecule has 0 fully saturated rings. The first-order valence-electron chi connectivity index (χ1n) is 5.46. The van der Waals surface area contributed by atoms with Crippen LogP contribution in [0.25, 0.3) is 0 Å². The fraction of sp³-hybridized carbons (Fsp3) is 0.500. The highest BCUT2D eigenvalue weighted by molar-refractivity contribution is 5.40. The summed E-state index contributed by atoms with van der Waals surface area (Å²) in [6.07, 6.45) is -5.82. The van der Waals surface area contributed by atoms with Crippen LogP contribution >= 0.6 is 0 Å². The largest absolute Gasteiger partial charge is 0.493 e. The lowest BCUT2D eigenvalue weighted by Gasteiger charge is -2.13. The first kappa shape index (κ1) is 12.2. The Kier molecular flexibility index (Phi) is 3.28. The lowest BCUT2D eigenvalue weighted by Crippen LogP contribution is -2.10. The van der Waals surface area contributed by atoms with Crippen LogP contribution in [0.1, 0.15) is 30.1 Å². The van der Waals surface area contributed by atoms with Crippen LogP contribution in [0.2, 0.25) is 0 Å². The van der Waals surface area contributed by atoms with Crippen LogP contribution in [0.3, 0.4) is 0 Å². The standard InChI is InChI=1S/C12H13F3O2/c13-12(14,15)5-3-10(16)8-1-2-11-9(7-8)4-6-17-11/h1-2,7,10,16H,3-6H2. The van der Waals surface area contributed by atoms with Gasteiger partial charge in [-0.2, -0.15) is 13.2 Å². The first-order valence-corrected chi connectivity index (χ1v) is 5.46. The van der Waals surface area contributed by atoms with Gasteiger partial charge in [-0.1, -0.05) is 6.07 Å². The van der Waals surface area contributed by atoms with Gasteiger partial charge < -0.3 is 9.84 Å². The number of alkyl halides is 3. The molecule has 0 spiro atoms. The Balaban J connectivity index is 2.02. The van der Waals surface area contributed by atoms with Crippen LogP contribution in [-0.4, -0.2) is 17.9 Å². The Bertz CT molecular complexity index is 401. The van der Waals surface area contributed by atoms with Gasteiger partial charge in [-0.05, 0) is 29.7 Å². The molecular formula is C12H13F3O2. The van der Waals surface area contributed by atoms with Gasteiger partial charge in [0, 0.05) is 12.8 Å². The number of fused-ring (bicyclic) bond motifs is 1. The smallest absolute Gasteiger partial charge is 0.389 e. The molecule has 2 rings (SSSR count). The lowest BCUT2D eigenvalue weighted by molar-refractivity contribution is -0.140. The summed E-state index contributed by atoms with van der Waals surface area (Å²) in [5, 5.41) is 9.67. The molecule has 94 valence electrons. The minimum Gasteiger partial charge on any atom is -0.493 e. The van der Waals surface area contributed by atoms with E-state index < -0.39 is 18.7 Å². The highest BCUT2D eigenvalue weighted by atomic mass is 19.4. The van der Waals surface area contributed by atoms with Gasteiger partial charge in [0.25, 0.3) is 0 Å². The zero-order valence-corrected chi connectivity index (χ0v) is 9.13. The molecule has 0 aliphatic carbocycles. The summed E-state index contributed by atoms with van der Waals surface area (Å²) < 4.78 is 41.3. The van der Waals surface area contributed by atoms with Crippen LogP contribution < -0.4 is 4.74 Å². The van der Waals surface area contributed by atoms with Crippen molar-refractivity contribution in [3.05, 3.63) is 29.3 Å². The van der Waals surface area contributed by atoms with E-state index in [-0.39, 0.29) is 6.42 Å². The number of aliphatic hydroxyl groups excluding tert-OH is 1. The summed E-state index contributed by atoms with van der Waals surface area (Å²) in [5.74, 6) is 0.761. The van der Waals surface area contributed by atoms with E-state index in [4.69, 9.17) is 4.74 Å². The van der Waals surface area contributed by atoms with E-state index in [1.165, 1.54) is 0 Å². The molecule has 0 saturated carbocycles. The van der Waals surface area contributed by atoms with Crippen molar-refractivity contribution in [3.63, 3.8) is 0 Å². The molecule has 0 aromatic heterocycles. The van der Waals surface area contributed by atoms with Gasteiger partial charge in [0.15, 0.2) is 0 Å². The Morgan fingerprint density at radius 2 is 2.12 bits per heavy atom. The Labute approximate surface area is 97.0 Å². The molecule has 0 bridgehead atoms. The van der Waals surface area contributed by atoms with Crippen molar-refractivity contribution in [3.8, 4) is 5.75 Å². The van der Waals surface area contributed by atoms with Gasteiger partial charge in [-0.25, -0.2) is 0 Å². The minimum absolute atomic E-state index is 0.302. The second kappa shape index (κ2) is 4.56. The van der Waals surface area contributed by atoms with E-state index in [0.29, 0.717) is 12.2 Å². The number of benzene rings is 1. The number of ether oxygens (including phenoxy) is 1. The Hall–Kier alpha value is -1.23. The fourth-order valence-corrected chi connectivity index (χ4v) is 1.88. The molecule has 0 radical (unpaired) electrons. The molecular weight excluding hydrogens is 233 g/mol. The minimum atomic E-state index is -4.22. The van der Waals surface area contributed by atoms with Crippen molar-refractivity contribution in [2.45, 2.75) is 31.5 Å². The van der Waals surface area contributed by atoms with Crippen molar-refractivity contribution in [1.29, 1.82) is 0 Å². The van der Waals surface area contributed by atoms with Crippen LogP contribution in [0.5, 0.6) is 5.75 Å². The molecule has 0 amide bonds. The zero-order chi connectivity index (χ0) is 12.5. The zero-order valence-electron chi connectivity index (χ0n) is 9.13. The molecule has 1 aliphatic heterocycles. The molecule has 1 aromatic carbocycles. The summed E-state index contributed by atoms with van der Waals surface area (Å²) in [5.41, 5.74) is 1.48. The predicted octanol–water partition coefficient (Wildman–Crippen LogP) is 3.00. The van der Waals surface area contributed by atoms with E-state index in [1.54, 1.807) is 18.2 Å². The third-order valence-corrected chi connectivity index (χ3v) is 2.80. The summed E-state index contributed by atoms with van der Waals surface area (Å²) in [6.45, 7) is 0.595. The average molecular weight is 246 g/mol. The summed E-state index contributed by atoms with van der Waals surface area (Å²) >= 11 is 0. The van der Waals surface area contributed by atoms with E-state index in [2.05, 4.69) is 0 Å². The van der Waals surface area contributed by atoms with E-state index in [1.807, 2.05) is 0 Å². The van der Waals surface area contributed by atoms with Crippen LogP contribution in [0.4, 0.5) is 13.2 Å². The van der Waals surface area contributed by atoms with Crippen molar-refractivity contribution in [1.82, 2.24) is 0 Å². The molecule has 1 unspecified atom stereocenters. The number of rotatable bonds is 3. The fourth-order valence-electron chi connectivity index (χ4n) is 1.88. The Morgan fingerprint density at radius 1 is 1.35 bits per heavy atom. The predicted molar refractivity (Wildman–Crippen MR) is 55.9 cm³/mol. The normalized spacial score (nSPS) is 16.5. The van der Waals surface area contributed by atoms with Crippen LogP contribution in [0.15, 0.2) is 18.2 Å². The SMILES string of the molecule is OC(CCC(F)(F)F)c1ccc2c(c1)CCO2. The van der Waals surface area contributed by atoms with Gasteiger partial charge in [-0.3, -0.25) is 0 Å². The van der Waals surface area contributed by atoms with E-state index in [9.17, 15) is 18.3 Å². The first-order chi connectivity index (χ1) is 7.96. The average Bonchev–Trinajstić information content (AvgIpc) is 2.71. The lowest BCUT2D eigenvalue weighted by atomic mass is 10.0. The van der Waals surface area contributed by atoms with Crippen molar-refractivity contribution in [2.75, 3.05) is 6.61 Å². The molecule has 17 heavy (non-hydrogen) atoms. The van der Waals surface area contributed by atoms with Gasteiger partial charge >= 0.3 is 6.18 Å². The topological polar surface area (TPSA) is 29.5 Å². The van der Waals surface area contributed by atoms with Crippen molar-refractivity contribution in [2.24, 2.45) is 0 Å². The maximum atomic E-state index is 12.0. The van der Waals surface area contributed by atoms with Crippen molar-refractivity contribution < 1.29 is 23.0 Å². The number of halogens is 3. The molecule has 1 heterocycles. The number of hydrogen-bond acceptors (Lipinski definition) is 2. The van der Waals surface area contributed by atoms with Gasteiger partial charge in [0.05, 0.1) is 12.7 Å². The molecule has 5 heteroatoms. The quantitative estimate of drug-likeness (QED) is 0.888. The highest BCUT2D eigenvalue weighted by Crippen LogP contribution is 2.31. The Morgan fingerprint density at radius 3 is 2.82 bits per heavy atom. The second-order valence-electron chi connectivity index (χ2n) is 4.14. The molecule has 1 N–H and O–H groups in total.